The van der Waals surface area contributed by atoms with Crippen molar-refractivity contribution in [1.82, 2.24) is 4.57 Å². The van der Waals surface area contributed by atoms with Gasteiger partial charge in [0, 0.05) is 38.9 Å². The second kappa shape index (κ2) is 11.9. The van der Waals surface area contributed by atoms with E-state index in [0.29, 0.717) is 0 Å². The summed E-state index contributed by atoms with van der Waals surface area (Å²) in [6, 6.07) is 69.0. The number of anilines is 3. The van der Waals surface area contributed by atoms with Crippen molar-refractivity contribution in [3.05, 3.63) is 194 Å². The van der Waals surface area contributed by atoms with E-state index in [1.807, 2.05) is 12.1 Å². The monoisotopic (exact) mass is 652 g/mol. The van der Waals surface area contributed by atoms with Crippen molar-refractivity contribution in [2.75, 3.05) is 4.90 Å². The molecular weight excluding hydrogens is 621 g/mol. The van der Waals surface area contributed by atoms with Crippen LogP contribution < -0.4 is 4.90 Å². The van der Waals surface area contributed by atoms with Gasteiger partial charge >= 0.3 is 0 Å². The standard InChI is InChI=1S/C48H32N2O/c1-3-11-37(12-4-1)49(38-13-5-2-6-14-38)39-27-23-35(24-28-39)33-19-21-34(22-20-33)36-25-29-40(30-26-36)50-44-17-9-7-16-43(44)47-45(50)32-31-42-41-15-8-10-18-46(41)51-48(42)47/h1-32H. The van der Waals surface area contributed by atoms with Gasteiger partial charge in [-0.3, -0.25) is 0 Å². The van der Waals surface area contributed by atoms with Crippen LogP contribution in [0.5, 0.6) is 0 Å². The average Bonchev–Trinajstić information content (AvgIpc) is 3.75. The number of furan rings is 1. The third kappa shape index (κ3) is 4.90. The Morgan fingerprint density at radius 3 is 1.47 bits per heavy atom. The van der Waals surface area contributed by atoms with Gasteiger partial charge in [0.05, 0.1) is 16.4 Å². The molecule has 0 atom stereocenters. The maximum Gasteiger partial charge on any atom is 0.145 e. The lowest BCUT2D eigenvalue weighted by molar-refractivity contribution is 0.673. The summed E-state index contributed by atoms with van der Waals surface area (Å²) in [5.74, 6) is 0. The van der Waals surface area contributed by atoms with Crippen molar-refractivity contribution in [2.45, 2.75) is 0 Å². The molecule has 10 aromatic rings. The lowest BCUT2D eigenvalue weighted by atomic mass is 10.00. The van der Waals surface area contributed by atoms with E-state index in [0.717, 1.165) is 55.6 Å². The van der Waals surface area contributed by atoms with Crippen molar-refractivity contribution < 1.29 is 4.42 Å². The molecule has 0 aliphatic heterocycles. The van der Waals surface area contributed by atoms with Gasteiger partial charge in [-0.1, -0.05) is 121 Å². The minimum atomic E-state index is 0.918. The Balaban J connectivity index is 0.959. The van der Waals surface area contributed by atoms with Crippen LogP contribution in [0.3, 0.4) is 0 Å². The van der Waals surface area contributed by atoms with Gasteiger partial charge in [0.2, 0.25) is 0 Å². The maximum absolute atomic E-state index is 6.48. The molecule has 0 aliphatic rings. The van der Waals surface area contributed by atoms with E-state index in [-0.39, 0.29) is 0 Å². The molecule has 240 valence electrons. The largest absolute Gasteiger partial charge is 0.455 e. The van der Waals surface area contributed by atoms with Crippen LogP contribution in [0.4, 0.5) is 17.1 Å². The molecule has 3 heteroatoms. The molecule has 2 heterocycles. The van der Waals surface area contributed by atoms with Crippen molar-refractivity contribution in [1.29, 1.82) is 0 Å². The van der Waals surface area contributed by atoms with E-state index >= 15 is 0 Å². The number of fused-ring (bicyclic) bond motifs is 7. The van der Waals surface area contributed by atoms with Crippen LogP contribution in [0.2, 0.25) is 0 Å². The number of aromatic nitrogens is 1. The highest BCUT2D eigenvalue weighted by molar-refractivity contribution is 6.23. The highest BCUT2D eigenvalue weighted by atomic mass is 16.3. The first-order valence-corrected chi connectivity index (χ1v) is 17.4. The Bertz CT molecular complexity index is 2770. The molecule has 51 heavy (non-hydrogen) atoms. The van der Waals surface area contributed by atoms with E-state index in [1.165, 1.54) is 33.2 Å². The van der Waals surface area contributed by atoms with Crippen molar-refractivity contribution >= 4 is 60.8 Å². The Hall–Kier alpha value is -6.84. The Morgan fingerprint density at radius 2 is 0.843 bits per heavy atom. The van der Waals surface area contributed by atoms with Gasteiger partial charge < -0.3 is 13.9 Å². The fourth-order valence-corrected chi connectivity index (χ4v) is 7.58. The summed E-state index contributed by atoms with van der Waals surface area (Å²) in [7, 11) is 0. The molecule has 3 nitrogen and oxygen atoms in total. The number of para-hydroxylation sites is 4. The normalized spacial score (nSPS) is 11.5. The summed E-state index contributed by atoms with van der Waals surface area (Å²) in [6.45, 7) is 0. The Kier molecular flexibility index (Phi) is 6.81. The van der Waals surface area contributed by atoms with Gasteiger partial charge in [-0.15, -0.1) is 0 Å². The van der Waals surface area contributed by atoms with Gasteiger partial charge in [-0.05, 0) is 95.1 Å². The second-order valence-electron chi connectivity index (χ2n) is 13.0. The number of benzene rings is 8. The molecule has 0 bridgehead atoms. The predicted molar refractivity (Wildman–Crippen MR) is 214 cm³/mol. The molecule has 0 fully saturated rings. The van der Waals surface area contributed by atoms with Crippen molar-refractivity contribution in [2.24, 2.45) is 0 Å². The molecule has 0 spiro atoms. The van der Waals surface area contributed by atoms with Crippen LogP contribution in [0.15, 0.2) is 199 Å². The summed E-state index contributed by atoms with van der Waals surface area (Å²) < 4.78 is 8.83. The molecule has 0 amide bonds. The molecular formula is C48H32N2O. The highest BCUT2D eigenvalue weighted by Crippen LogP contribution is 2.41. The number of hydrogen-bond acceptors (Lipinski definition) is 2. The van der Waals surface area contributed by atoms with E-state index in [4.69, 9.17) is 4.42 Å². The third-order valence-electron chi connectivity index (χ3n) is 10.0. The summed E-state index contributed by atoms with van der Waals surface area (Å²) >= 11 is 0. The van der Waals surface area contributed by atoms with Crippen LogP contribution in [0.1, 0.15) is 0 Å². The Labute approximate surface area is 295 Å². The number of rotatable bonds is 6. The zero-order chi connectivity index (χ0) is 33.7. The summed E-state index contributed by atoms with van der Waals surface area (Å²) in [5, 5.41) is 4.64. The average molecular weight is 653 g/mol. The smallest absolute Gasteiger partial charge is 0.145 e. The first-order chi connectivity index (χ1) is 25.3. The minimum absolute atomic E-state index is 0.918. The van der Waals surface area contributed by atoms with Crippen LogP contribution in [0.25, 0.3) is 71.7 Å². The lowest BCUT2D eigenvalue weighted by Gasteiger charge is -2.25. The molecule has 0 aliphatic carbocycles. The second-order valence-corrected chi connectivity index (χ2v) is 13.0. The van der Waals surface area contributed by atoms with E-state index in [1.54, 1.807) is 0 Å². The fraction of sp³-hybridized carbons (Fsp3) is 0. The first kappa shape index (κ1) is 29.1. The molecule has 0 saturated carbocycles. The van der Waals surface area contributed by atoms with Crippen molar-refractivity contribution in [3.8, 4) is 27.9 Å². The summed E-state index contributed by atoms with van der Waals surface area (Å²) in [4.78, 5) is 2.29. The predicted octanol–water partition coefficient (Wildman–Crippen LogP) is 13.5. The topological polar surface area (TPSA) is 21.3 Å². The van der Waals surface area contributed by atoms with E-state index < -0.39 is 0 Å². The molecule has 10 rings (SSSR count). The van der Waals surface area contributed by atoms with Gasteiger partial charge in [0.25, 0.3) is 0 Å². The summed E-state index contributed by atoms with van der Waals surface area (Å²) in [5.41, 5.74) is 13.4. The van der Waals surface area contributed by atoms with Crippen LogP contribution in [-0.4, -0.2) is 4.57 Å². The zero-order valence-electron chi connectivity index (χ0n) is 27.8. The molecule has 0 unspecified atom stereocenters. The molecule has 0 N–H and O–H groups in total. The molecule has 2 aromatic heterocycles. The van der Waals surface area contributed by atoms with E-state index in [2.05, 4.69) is 191 Å². The fourth-order valence-electron chi connectivity index (χ4n) is 7.58. The van der Waals surface area contributed by atoms with Crippen LogP contribution in [0, 0.1) is 0 Å². The maximum atomic E-state index is 6.48. The number of nitrogens with zero attached hydrogens (tertiary/aromatic N) is 2. The highest BCUT2D eigenvalue weighted by Gasteiger charge is 2.18. The van der Waals surface area contributed by atoms with E-state index in [9.17, 15) is 0 Å². The van der Waals surface area contributed by atoms with Gasteiger partial charge in [0.15, 0.2) is 0 Å². The van der Waals surface area contributed by atoms with Crippen molar-refractivity contribution in [3.63, 3.8) is 0 Å². The molecule has 8 aromatic carbocycles. The lowest BCUT2D eigenvalue weighted by Crippen LogP contribution is -2.09. The third-order valence-corrected chi connectivity index (χ3v) is 10.0. The quantitative estimate of drug-likeness (QED) is 0.178. The van der Waals surface area contributed by atoms with Gasteiger partial charge in [-0.25, -0.2) is 0 Å². The molecule has 0 saturated heterocycles. The molecule has 0 radical (unpaired) electrons. The van der Waals surface area contributed by atoms with Crippen LogP contribution >= 0.6 is 0 Å². The Morgan fingerprint density at radius 1 is 0.353 bits per heavy atom. The van der Waals surface area contributed by atoms with Gasteiger partial charge in [-0.2, -0.15) is 0 Å². The van der Waals surface area contributed by atoms with Crippen LogP contribution in [-0.2, 0) is 0 Å². The first-order valence-electron chi connectivity index (χ1n) is 17.4. The minimum Gasteiger partial charge on any atom is -0.455 e. The van der Waals surface area contributed by atoms with Gasteiger partial charge in [0.1, 0.15) is 11.2 Å². The zero-order valence-corrected chi connectivity index (χ0v) is 27.8. The SMILES string of the molecule is c1ccc(N(c2ccccc2)c2ccc(-c3ccc(-c4ccc(-n5c6ccccc6c6c7oc8ccccc8c7ccc65)cc4)cc3)cc2)cc1. The summed E-state index contributed by atoms with van der Waals surface area (Å²) in [6.07, 6.45) is 0. The number of hydrogen-bond donors (Lipinski definition) is 0.